The molecular weight excluding hydrogens is 472 g/mol. The average molecular weight is 501 g/mol. The van der Waals surface area contributed by atoms with E-state index in [4.69, 9.17) is 4.74 Å². The third kappa shape index (κ3) is 5.09. The van der Waals surface area contributed by atoms with Gasteiger partial charge in [-0.15, -0.1) is 10.2 Å². The molecule has 2 heterocycles. The number of anilines is 2. The monoisotopic (exact) mass is 500 g/mol. The van der Waals surface area contributed by atoms with Gasteiger partial charge in [-0.1, -0.05) is 0 Å². The number of nitrogens with zero attached hydrogens (tertiary/aromatic N) is 5. The lowest BCUT2D eigenvalue weighted by Gasteiger charge is -2.28. The molecule has 10 nitrogen and oxygen atoms in total. The second-order valence-corrected chi connectivity index (χ2v) is 9.03. The Bertz CT molecular complexity index is 1460. The Morgan fingerprint density at radius 2 is 1.73 bits per heavy atom. The van der Waals surface area contributed by atoms with Crippen molar-refractivity contribution in [2.24, 2.45) is 0 Å². The fourth-order valence-electron chi connectivity index (χ4n) is 4.57. The molecule has 0 atom stereocenters. The average Bonchev–Trinajstić information content (AvgIpc) is 3.32. The number of carbonyl (C=O) groups is 1. The van der Waals surface area contributed by atoms with Crippen LogP contribution in [0.5, 0.6) is 5.75 Å². The summed E-state index contributed by atoms with van der Waals surface area (Å²) in [6.07, 6.45) is 3.14. The highest BCUT2D eigenvalue weighted by Gasteiger charge is 2.23. The molecule has 1 aliphatic heterocycles. The van der Waals surface area contributed by atoms with Crippen LogP contribution >= 0.6 is 0 Å². The summed E-state index contributed by atoms with van der Waals surface area (Å²) in [5.74, 6) is 0.350. The molecular formula is C27H28N6O4. The molecule has 5 rings (SSSR count). The van der Waals surface area contributed by atoms with Crippen LogP contribution in [0.3, 0.4) is 0 Å². The highest BCUT2D eigenvalue weighted by molar-refractivity contribution is 6.06. The maximum Gasteiger partial charge on any atom is 0.293 e. The predicted molar refractivity (Wildman–Crippen MR) is 142 cm³/mol. The van der Waals surface area contributed by atoms with E-state index in [0.29, 0.717) is 29.0 Å². The number of aryl methyl sites for hydroxylation is 1. The van der Waals surface area contributed by atoms with E-state index in [1.807, 2.05) is 49.1 Å². The third-order valence-electron chi connectivity index (χ3n) is 6.48. The van der Waals surface area contributed by atoms with Crippen LogP contribution < -0.4 is 15.0 Å². The van der Waals surface area contributed by atoms with Gasteiger partial charge in [0.25, 0.3) is 11.6 Å². The standard InChI is InChI=1S/C27H28N6O4/c1-3-37-21-10-8-20(9-11-21)32-29-23-15-18(2)22(17-24(23)30-32)28-27(34)19-7-12-25(26(16-19)33(35)36)31-13-5-4-6-14-31/h7-12,15-17H,3-6,13-14H2,1-2H3,(H,28,34). The fraction of sp³-hybridized carbons (Fsp3) is 0.296. The highest BCUT2D eigenvalue weighted by Crippen LogP contribution is 2.32. The van der Waals surface area contributed by atoms with Gasteiger partial charge in [0.2, 0.25) is 0 Å². The first kappa shape index (κ1) is 24.2. The first-order valence-corrected chi connectivity index (χ1v) is 12.4. The van der Waals surface area contributed by atoms with E-state index in [2.05, 4.69) is 15.5 Å². The van der Waals surface area contributed by atoms with Crippen molar-refractivity contribution in [1.82, 2.24) is 15.0 Å². The van der Waals surface area contributed by atoms with Crippen molar-refractivity contribution in [3.8, 4) is 11.4 Å². The summed E-state index contributed by atoms with van der Waals surface area (Å²) in [6.45, 7) is 5.95. The molecule has 4 aromatic rings. The number of nitrogens with one attached hydrogen (secondary N) is 1. The maximum atomic E-state index is 13.1. The largest absolute Gasteiger partial charge is 0.494 e. The van der Waals surface area contributed by atoms with Gasteiger partial charge in [-0.2, -0.15) is 4.80 Å². The zero-order chi connectivity index (χ0) is 25.9. The minimum Gasteiger partial charge on any atom is -0.494 e. The minimum absolute atomic E-state index is 0.0555. The zero-order valence-corrected chi connectivity index (χ0v) is 20.8. The van der Waals surface area contributed by atoms with E-state index in [-0.39, 0.29) is 11.3 Å². The smallest absolute Gasteiger partial charge is 0.293 e. The van der Waals surface area contributed by atoms with Crippen LogP contribution in [0.4, 0.5) is 17.1 Å². The number of rotatable bonds is 7. The van der Waals surface area contributed by atoms with Crippen molar-refractivity contribution < 1.29 is 14.5 Å². The van der Waals surface area contributed by atoms with Crippen LogP contribution in [0.2, 0.25) is 0 Å². The van der Waals surface area contributed by atoms with Gasteiger partial charge in [0.15, 0.2) is 0 Å². The number of hydrogen-bond acceptors (Lipinski definition) is 7. The van der Waals surface area contributed by atoms with Crippen molar-refractivity contribution in [2.75, 3.05) is 29.9 Å². The van der Waals surface area contributed by atoms with Crippen molar-refractivity contribution in [1.29, 1.82) is 0 Å². The van der Waals surface area contributed by atoms with Crippen LogP contribution in [-0.2, 0) is 0 Å². The van der Waals surface area contributed by atoms with Gasteiger partial charge in [0.1, 0.15) is 22.5 Å². The molecule has 0 spiro atoms. The van der Waals surface area contributed by atoms with E-state index in [0.717, 1.165) is 49.4 Å². The number of carbonyl (C=O) groups excluding carboxylic acids is 1. The predicted octanol–water partition coefficient (Wildman–Crippen LogP) is 5.28. The summed E-state index contributed by atoms with van der Waals surface area (Å²) in [6, 6.07) is 15.8. The second-order valence-electron chi connectivity index (χ2n) is 9.03. The van der Waals surface area contributed by atoms with Crippen LogP contribution in [0.25, 0.3) is 16.7 Å². The molecule has 1 saturated heterocycles. The molecule has 0 bridgehead atoms. The van der Waals surface area contributed by atoms with Crippen LogP contribution in [-0.4, -0.2) is 45.5 Å². The molecule has 0 radical (unpaired) electrons. The molecule has 0 unspecified atom stereocenters. The van der Waals surface area contributed by atoms with Crippen molar-refractivity contribution >= 4 is 34.0 Å². The van der Waals surface area contributed by atoms with Crippen molar-refractivity contribution in [3.63, 3.8) is 0 Å². The third-order valence-corrected chi connectivity index (χ3v) is 6.48. The number of piperidine rings is 1. The molecule has 1 aromatic heterocycles. The molecule has 37 heavy (non-hydrogen) atoms. The molecule has 3 aromatic carbocycles. The van der Waals surface area contributed by atoms with Crippen LogP contribution in [0, 0.1) is 17.0 Å². The maximum absolute atomic E-state index is 13.1. The summed E-state index contributed by atoms with van der Waals surface area (Å²) >= 11 is 0. The van der Waals surface area contributed by atoms with E-state index < -0.39 is 10.8 Å². The van der Waals surface area contributed by atoms with E-state index >= 15 is 0 Å². The molecule has 0 aliphatic carbocycles. The normalized spacial score (nSPS) is 13.5. The molecule has 0 saturated carbocycles. The fourth-order valence-corrected chi connectivity index (χ4v) is 4.57. The number of nitro groups is 1. The number of fused-ring (bicyclic) bond motifs is 1. The van der Waals surface area contributed by atoms with Gasteiger partial charge in [-0.25, -0.2) is 0 Å². The lowest BCUT2D eigenvalue weighted by atomic mass is 10.1. The van der Waals surface area contributed by atoms with E-state index in [9.17, 15) is 14.9 Å². The number of ether oxygens (including phenoxy) is 1. The zero-order valence-electron chi connectivity index (χ0n) is 20.8. The summed E-state index contributed by atoms with van der Waals surface area (Å²) in [4.78, 5) is 28.0. The Labute approximate surface area is 214 Å². The van der Waals surface area contributed by atoms with Crippen LogP contribution in [0.1, 0.15) is 42.1 Å². The molecule has 1 amide bonds. The Morgan fingerprint density at radius 1 is 1.03 bits per heavy atom. The van der Waals surface area contributed by atoms with Gasteiger partial charge >= 0.3 is 0 Å². The Hall–Kier alpha value is -4.47. The van der Waals surface area contributed by atoms with Gasteiger partial charge in [-0.3, -0.25) is 14.9 Å². The van der Waals surface area contributed by atoms with Crippen molar-refractivity contribution in [2.45, 2.75) is 33.1 Å². The molecule has 190 valence electrons. The van der Waals surface area contributed by atoms with E-state index in [1.165, 1.54) is 10.9 Å². The molecule has 10 heteroatoms. The van der Waals surface area contributed by atoms with Gasteiger partial charge < -0.3 is 15.0 Å². The van der Waals surface area contributed by atoms with E-state index in [1.54, 1.807) is 18.2 Å². The summed E-state index contributed by atoms with van der Waals surface area (Å²) < 4.78 is 5.49. The summed E-state index contributed by atoms with van der Waals surface area (Å²) in [5.41, 5.74) is 4.18. The summed E-state index contributed by atoms with van der Waals surface area (Å²) in [7, 11) is 0. The van der Waals surface area contributed by atoms with Gasteiger partial charge in [0.05, 0.1) is 17.2 Å². The molecule has 1 N–H and O–H groups in total. The number of amides is 1. The topological polar surface area (TPSA) is 115 Å². The number of hydrogen-bond donors (Lipinski definition) is 1. The quantitative estimate of drug-likeness (QED) is 0.271. The second kappa shape index (κ2) is 10.3. The summed E-state index contributed by atoms with van der Waals surface area (Å²) in [5, 5.41) is 23.8. The highest BCUT2D eigenvalue weighted by atomic mass is 16.6. The van der Waals surface area contributed by atoms with Gasteiger partial charge in [0, 0.05) is 30.4 Å². The van der Waals surface area contributed by atoms with Crippen molar-refractivity contribution in [3.05, 3.63) is 75.8 Å². The lowest BCUT2D eigenvalue weighted by Crippen LogP contribution is -2.30. The van der Waals surface area contributed by atoms with Crippen LogP contribution in [0.15, 0.2) is 54.6 Å². The number of benzene rings is 3. The minimum atomic E-state index is -0.422. The Morgan fingerprint density at radius 3 is 2.41 bits per heavy atom. The molecule has 1 fully saturated rings. The first-order chi connectivity index (χ1) is 17.9. The van der Waals surface area contributed by atoms with Gasteiger partial charge in [-0.05, 0) is 87.2 Å². The lowest BCUT2D eigenvalue weighted by molar-refractivity contribution is -0.384. The Balaban J connectivity index is 1.39. The Kier molecular flexibility index (Phi) is 6.72. The SMILES string of the molecule is CCOc1ccc(-n2nc3cc(C)c(NC(=O)c4ccc(N5CCCCC5)c([N+](=O)[O-])c4)cc3n2)cc1. The number of nitro benzene ring substituents is 1. The number of aromatic nitrogens is 3. The molecule has 1 aliphatic rings. The first-order valence-electron chi connectivity index (χ1n) is 12.4.